The monoisotopic (exact) mass is 484 g/mol. The number of allylic oxidation sites excluding steroid dienone is 1. The highest BCUT2D eigenvalue weighted by Crippen LogP contribution is 2.35. The lowest BCUT2D eigenvalue weighted by molar-refractivity contribution is 0.101. The minimum Gasteiger partial charge on any atom is -0.489 e. The average molecular weight is 486 g/mol. The molecule has 3 nitrogen and oxygen atoms in total. The van der Waals surface area contributed by atoms with E-state index in [9.17, 15) is 4.79 Å². The predicted octanol–water partition coefficient (Wildman–Crippen LogP) is 6.41. The molecule has 0 bridgehead atoms. The van der Waals surface area contributed by atoms with Gasteiger partial charge >= 0.3 is 0 Å². The zero-order valence-corrected chi connectivity index (χ0v) is 17.3. The number of hydrogen-bond donors (Lipinski definition) is 0. The first kappa shape index (κ1) is 18.0. The molecule has 0 aromatic heterocycles. The van der Waals surface area contributed by atoms with Gasteiger partial charge in [0, 0.05) is 15.0 Å². The fourth-order valence-electron chi connectivity index (χ4n) is 2.75. The van der Waals surface area contributed by atoms with Gasteiger partial charge in [-0.3, -0.25) is 4.79 Å². The van der Waals surface area contributed by atoms with Gasteiger partial charge in [0.05, 0.1) is 5.56 Å². The molecule has 0 saturated heterocycles. The Bertz CT molecular complexity index is 1040. The summed E-state index contributed by atoms with van der Waals surface area (Å²) in [5, 5.41) is 0. The highest BCUT2D eigenvalue weighted by molar-refractivity contribution is 9.10. The molecule has 134 valence electrons. The summed E-state index contributed by atoms with van der Waals surface area (Å²) in [6.07, 6.45) is 1.75. The maximum absolute atomic E-state index is 12.6. The Labute approximate surface area is 173 Å². The number of ketones is 1. The van der Waals surface area contributed by atoms with Gasteiger partial charge < -0.3 is 9.47 Å². The molecule has 0 spiro atoms. The van der Waals surface area contributed by atoms with Crippen LogP contribution in [0.1, 0.15) is 21.5 Å². The molecule has 0 aliphatic carbocycles. The van der Waals surface area contributed by atoms with Crippen LogP contribution in [-0.4, -0.2) is 5.78 Å². The Morgan fingerprint density at radius 2 is 1.74 bits per heavy atom. The summed E-state index contributed by atoms with van der Waals surface area (Å²) in [5.74, 6) is 1.38. The van der Waals surface area contributed by atoms with Crippen LogP contribution < -0.4 is 9.47 Å². The lowest BCUT2D eigenvalue weighted by atomic mass is 10.1. The normalized spacial score (nSPS) is 14.1. The van der Waals surface area contributed by atoms with Gasteiger partial charge in [-0.1, -0.05) is 56.1 Å². The van der Waals surface area contributed by atoms with Gasteiger partial charge in [0.25, 0.3) is 0 Å². The summed E-state index contributed by atoms with van der Waals surface area (Å²) in [4.78, 5) is 12.6. The van der Waals surface area contributed by atoms with Crippen molar-refractivity contribution < 1.29 is 14.3 Å². The van der Waals surface area contributed by atoms with E-state index in [1.54, 1.807) is 24.3 Å². The van der Waals surface area contributed by atoms with Crippen molar-refractivity contribution in [2.45, 2.75) is 6.61 Å². The van der Waals surface area contributed by atoms with Gasteiger partial charge in [-0.2, -0.15) is 0 Å². The fraction of sp³-hybridized carbons (Fsp3) is 0.0455. The van der Waals surface area contributed by atoms with Gasteiger partial charge in [0.1, 0.15) is 18.1 Å². The molecule has 0 atom stereocenters. The van der Waals surface area contributed by atoms with Crippen LogP contribution in [0.5, 0.6) is 11.5 Å². The van der Waals surface area contributed by atoms with Crippen LogP contribution in [0, 0.1) is 0 Å². The SMILES string of the molecule is O=C1/C(=C/c2cccc(Br)c2)Oc2cc(OCc3ccc(Br)cc3)ccc21. The molecule has 3 aromatic carbocycles. The van der Waals surface area contributed by atoms with Crippen LogP contribution in [0.4, 0.5) is 0 Å². The van der Waals surface area contributed by atoms with Gasteiger partial charge in [-0.05, 0) is 53.6 Å². The van der Waals surface area contributed by atoms with E-state index in [0.29, 0.717) is 29.4 Å². The van der Waals surface area contributed by atoms with Crippen molar-refractivity contribution in [3.8, 4) is 11.5 Å². The predicted molar refractivity (Wildman–Crippen MR) is 112 cm³/mol. The number of carbonyl (C=O) groups excluding carboxylic acids is 1. The lowest BCUT2D eigenvalue weighted by Gasteiger charge is -2.07. The van der Waals surface area contributed by atoms with E-state index < -0.39 is 0 Å². The maximum atomic E-state index is 12.6. The second-order valence-corrected chi connectivity index (χ2v) is 7.90. The summed E-state index contributed by atoms with van der Waals surface area (Å²) >= 11 is 6.85. The number of benzene rings is 3. The highest BCUT2D eigenvalue weighted by Gasteiger charge is 2.27. The molecule has 1 aliphatic heterocycles. The minimum atomic E-state index is -0.121. The molecular weight excluding hydrogens is 472 g/mol. The standard InChI is InChI=1S/C22H14Br2O3/c23-16-6-4-14(5-7-16)13-26-18-8-9-19-20(12-18)27-21(22(19)25)11-15-2-1-3-17(24)10-15/h1-12H,13H2/b21-11-. The molecule has 27 heavy (non-hydrogen) atoms. The number of hydrogen-bond acceptors (Lipinski definition) is 3. The Morgan fingerprint density at radius 3 is 2.52 bits per heavy atom. The van der Waals surface area contributed by atoms with Crippen molar-refractivity contribution in [1.29, 1.82) is 0 Å². The van der Waals surface area contributed by atoms with Crippen LogP contribution in [0.25, 0.3) is 6.08 Å². The van der Waals surface area contributed by atoms with Crippen molar-refractivity contribution in [1.82, 2.24) is 0 Å². The van der Waals surface area contributed by atoms with Gasteiger partial charge in [0.2, 0.25) is 5.78 Å². The smallest absolute Gasteiger partial charge is 0.231 e. The molecule has 0 N–H and O–H groups in total. The van der Waals surface area contributed by atoms with Gasteiger partial charge in [-0.25, -0.2) is 0 Å². The van der Waals surface area contributed by atoms with Crippen LogP contribution in [0.3, 0.4) is 0 Å². The molecule has 0 fully saturated rings. The van der Waals surface area contributed by atoms with Crippen molar-refractivity contribution in [3.05, 3.63) is 98.1 Å². The maximum Gasteiger partial charge on any atom is 0.231 e. The van der Waals surface area contributed by atoms with Crippen LogP contribution in [-0.2, 0) is 6.61 Å². The molecule has 1 heterocycles. The molecule has 1 aliphatic rings. The first-order valence-corrected chi connectivity index (χ1v) is 9.88. The van der Waals surface area contributed by atoms with E-state index in [4.69, 9.17) is 9.47 Å². The number of fused-ring (bicyclic) bond motifs is 1. The molecule has 0 amide bonds. The molecule has 0 saturated carbocycles. The third-order valence-electron chi connectivity index (χ3n) is 4.11. The van der Waals surface area contributed by atoms with Crippen molar-refractivity contribution in [2.75, 3.05) is 0 Å². The lowest BCUT2D eigenvalue weighted by Crippen LogP contribution is -1.98. The summed E-state index contributed by atoms with van der Waals surface area (Å²) in [6.45, 7) is 0.445. The van der Waals surface area contributed by atoms with E-state index in [1.807, 2.05) is 48.5 Å². The Morgan fingerprint density at radius 1 is 0.926 bits per heavy atom. The Hall–Kier alpha value is -2.37. The average Bonchev–Trinajstić information content (AvgIpc) is 2.96. The molecule has 5 heteroatoms. The zero-order chi connectivity index (χ0) is 18.8. The van der Waals surface area contributed by atoms with E-state index in [0.717, 1.165) is 20.1 Å². The third-order valence-corrected chi connectivity index (χ3v) is 5.13. The first-order chi connectivity index (χ1) is 13.1. The van der Waals surface area contributed by atoms with Crippen molar-refractivity contribution >= 4 is 43.7 Å². The molecule has 0 radical (unpaired) electrons. The zero-order valence-electron chi connectivity index (χ0n) is 14.1. The van der Waals surface area contributed by atoms with Crippen LogP contribution >= 0.6 is 31.9 Å². The second-order valence-electron chi connectivity index (χ2n) is 6.07. The largest absolute Gasteiger partial charge is 0.489 e. The number of halogens is 2. The molecule has 3 aromatic rings. The topological polar surface area (TPSA) is 35.5 Å². The van der Waals surface area contributed by atoms with E-state index in [-0.39, 0.29) is 5.78 Å². The van der Waals surface area contributed by atoms with Crippen LogP contribution in [0.15, 0.2) is 81.4 Å². The number of ether oxygens (including phenoxy) is 2. The summed E-state index contributed by atoms with van der Waals surface area (Å²) in [6, 6.07) is 20.9. The van der Waals surface area contributed by atoms with Gasteiger partial charge in [-0.15, -0.1) is 0 Å². The van der Waals surface area contributed by atoms with Gasteiger partial charge in [0.15, 0.2) is 5.76 Å². The first-order valence-electron chi connectivity index (χ1n) is 8.29. The quantitative estimate of drug-likeness (QED) is 0.400. The number of Topliss-reactive ketones (excluding diaryl/α,β-unsaturated/α-hetero) is 1. The molecule has 4 rings (SSSR count). The highest BCUT2D eigenvalue weighted by atomic mass is 79.9. The summed E-state index contributed by atoms with van der Waals surface area (Å²) < 4.78 is 13.6. The van der Waals surface area contributed by atoms with Crippen molar-refractivity contribution in [2.24, 2.45) is 0 Å². The van der Waals surface area contributed by atoms with Crippen LogP contribution in [0.2, 0.25) is 0 Å². The second kappa shape index (κ2) is 7.71. The summed E-state index contributed by atoms with van der Waals surface area (Å²) in [7, 11) is 0. The van der Waals surface area contributed by atoms with E-state index >= 15 is 0 Å². The minimum absolute atomic E-state index is 0.121. The Kier molecular flexibility index (Phi) is 5.14. The Balaban J connectivity index is 1.51. The molecular formula is C22H14Br2O3. The number of carbonyl (C=O) groups is 1. The van der Waals surface area contributed by atoms with E-state index in [2.05, 4.69) is 31.9 Å². The number of rotatable bonds is 4. The summed E-state index contributed by atoms with van der Waals surface area (Å²) in [5.41, 5.74) is 2.51. The van der Waals surface area contributed by atoms with Crippen molar-refractivity contribution in [3.63, 3.8) is 0 Å². The fourth-order valence-corrected chi connectivity index (χ4v) is 3.43. The third kappa shape index (κ3) is 4.15. The molecule has 0 unspecified atom stereocenters. The van der Waals surface area contributed by atoms with E-state index in [1.165, 1.54) is 0 Å².